The zero-order valence-electron chi connectivity index (χ0n) is 14.0. The zero-order chi connectivity index (χ0) is 18.7. The largest absolute Gasteiger partial charge is 0.493 e. The second-order valence-electron chi connectivity index (χ2n) is 5.74. The molecule has 2 amide bonds. The Morgan fingerprint density at radius 1 is 1.19 bits per heavy atom. The maximum absolute atomic E-state index is 13.4. The zero-order valence-corrected chi connectivity index (χ0v) is 14.9. The number of fused-ring (bicyclic) bond motifs is 1. The van der Waals surface area contributed by atoms with Gasteiger partial charge in [-0.1, -0.05) is 0 Å². The molecule has 1 heterocycles. The second kappa shape index (κ2) is 7.53. The number of carbonyl (C=O) groups excluding carboxylic acids is 2. The number of rotatable bonds is 6. The first-order valence-electron chi connectivity index (χ1n) is 7.95. The Hall–Kier alpha value is -2.93. The molecule has 0 fully saturated rings. The van der Waals surface area contributed by atoms with E-state index in [1.54, 1.807) is 30.3 Å². The number of hydrogen-bond acceptors (Lipinski definition) is 4. The fourth-order valence-corrected chi connectivity index (χ4v) is 3.59. The fourth-order valence-electron chi connectivity index (χ4n) is 2.50. The van der Waals surface area contributed by atoms with E-state index in [0.717, 1.165) is 15.6 Å². The molecule has 1 aromatic heterocycles. The number of anilines is 1. The highest BCUT2D eigenvalue weighted by Gasteiger charge is 2.16. The number of ether oxygens (including phenoxy) is 1. The number of carbonyl (C=O) groups is 2. The average Bonchev–Trinajstić information content (AvgIpc) is 2.93. The highest BCUT2D eigenvalue weighted by molar-refractivity contribution is 7.21. The Morgan fingerprint density at radius 2 is 1.92 bits per heavy atom. The highest BCUT2D eigenvalue weighted by Crippen LogP contribution is 2.32. The van der Waals surface area contributed by atoms with E-state index in [-0.39, 0.29) is 24.8 Å². The molecule has 0 spiro atoms. The monoisotopic (exact) mass is 372 g/mol. The number of hydrogen-bond donors (Lipinski definition) is 2. The molecule has 2 aromatic carbocycles. The van der Waals surface area contributed by atoms with Crippen LogP contribution in [0.5, 0.6) is 5.75 Å². The number of aryl methyl sites for hydroxylation is 1. The molecule has 0 bridgehead atoms. The van der Waals surface area contributed by atoms with Crippen LogP contribution in [0.1, 0.15) is 21.7 Å². The Balaban J connectivity index is 1.70. The van der Waals surface area contributed by atoms with Gasteiger partial charge in [0.1, 0.15) is 11.6 Å². The first kappa shape index (κ1) is 17.9. The fraction of sp³-hybridized carbons (Fsp3) is 0.158. The predicted molar refractivity (Wildman–Crippen MR) is 100 cm³/mol. The Morgan fingerprint density at radius 3 is 2.62 bits per heavy atom. The summed E-state index contributed by atoms with van der Waals surface area (Å²) in [5.74, 6) is -0.408. The minimum Gasteiger partial charge on any atom is -0.493 e. The molecule has 3 N–H and O–H groups in total. The summed E-state index contributed by atoms with van der Waals surface area (Å²) in [7, 11) is 0. The topological polar surface area (TPSA) is 81.4 Å². The number of amides is 2. The predicted octanol–water partition coefficient (Wildman–Crippen LogP) is 3.86. The van der Waals surface area contributed by atoms with Crippen LogP contribution in [-0.4, -0.2) is 18.4 Å². The molecule has 0 aliphatic heterocycles. The van der Waals surface area contributed by atoms with Gasteiger partial charge in [-0.05, 0) is 60.3 Å². The van der Waals surface area contributed by atoms with Gasteiger partial charge in [0.2, 0.25) is 5.91 Å². The van der Waals surface area contributed by atoms with Crippen molar-refractivity contribution >= 4 is 38.9 Å². The van der Waals surface area contributed by atoms with Crippen molar-refractivity contribution in [1.82, 2.24) is 0 Å². The van der Waals surface area contributed by atoms with Crippen molar-refractivity contribution in [2.24, 2.45) is 5.73 Å². The molecular weight excluding hydrogens is 355 g/mol. The van der Waals surface area contributed by atoms with E-state index in [2.05, 4.69) is 5.32 Å². The molecule has 7 heteroatoms. The third-order valence-corrected chi connectivity index (χ3v) is 5.11. The summed E-state index contributed by atoms with van der Waals surface area (Å²) in [6.45, 7) is 2.02. The van der Waals surface area contributed by atoms with E-state index in [0.29, 0.717) is 16.3 Å². The van der Waals surface area contributed by atoms with Crippen molar-refractivity contribution in [2.75, 3.05) is 11.9 Å². The standard InChI is InChI=1S/C19H17FN2O3S/c1-11-15-10-12(20)2-7-16(15)26-18(11)19(24)22-13-3-5-14(6-4-13)25-9-8-17(21)23/h2-7,10H,8-9H2,1H3,(H2,21,23)(H,22,24). The second-order valence-corrected chi connectivity index (χ2v) is 6.79. The quantitative estimate of drug-likeness (QED) is 0.689. The van der Waals surface area contributed by atoms with E-state index in [4.69, 9.17) is 10.5 Å². The minimum absolute atomic E-state index is 0.143. The number of primary amides is 1. The summed E-state index contributed by atoms with van der Waals surface area (Å²) in [6.07, 6.45) is 0.143. The van der Waals surface area contributed by atoms with Crippen molar-refractivity contribution in [3.8, 4) is 5.75 Å². The molecule has 3 aromatic rings. The van der Waals surface area contributed by atoms with Crippen molar-refractivity contribution in [1.29, 1.82) is 0 Å². The van der Waals surface area contributed by atoms with E-state index in [9.17, 15) is 14.0 Å². The number of halogens is 1. The summed E-state index contributed by atoms with van der Waals surface area (Å²) >= 11 is 1.33. The van der Waals surface area contributed by atoms with Gasteiger partial charge in [0.25, 0.3) is 5.91 Å². The van der Waals surface area contributed by atoms with Gasteiger partial charge in [-0.3, -0.25) is 9.59 Å². The van der Waals surface area contributed by atoms with Crippen LogP contribution in [-0.2, 0) is 4.79 Å². The van der Waals surface area contributed by atoms with Crippen LogP contribution < -0.4 is 15.8 Å². The molecule has 5 nitrogen and oxygen atoms in total. The smallest absolute Gasteiger partial charge is 0.266 e. The van der Waals surface area contributed by atoms with Crippen molar-refractivity contribution in [2.45, 2.75) is 13.3 Å². The van der Waals surface area contributed by atoms with Crippen LogP contribution in [0.2, 0.25) is 0 Å². The first-order valence-corrected chi connectivity index (χ1v) is 8.77. The summed E-state index contributed by atoms with van der Waals surface area (Å²) in [4.78, 5) is 23.8. The molecule has 0 atom stereocenters. The highest BCUT2D eigenvalue weighted by atomic mass is 32.1. The molecule has 0 aliphatic carbocycles. The molecular formula is C19H17FN2O3S. The lowest BCUT2D eigenvalue weighted by Gasteiger charge is -2.07. The molecule has 134 valence electrons. The Kier molecular flexibility index (Phi) is 5.18. The molecule has 3 rings (SSSR count). The van der Waals surface area contributed by atoms with Gasteiger partial charge in [0.15, 0.2) is 0 Å². The van der Waals surface area contributed by atoms with Crippen LogP contribution >= 0.6 is 11.3 Å². The summed E-state index contributed by atoms with van der Waals surface area (Å²) in [5, 5.41) is 3.57. The molecule has 0 aliphatic rings. The molecule has 0 saturated carbocycles. The lowest BCUT2D eigenvalue weighted by atomic mass is 10.1. The third-order valence-electron chi connectivity index (χ3n) is 3.83. The van der Waals surface area contributed by atoms with Gasteiger partial charge in [-0.25, -0.2) is 4.39 Å². The lowest BCUT2D eigenvalue weighted by molar-refractivity contribution is -0.118. The van der Waals surface area contributed by atoms with E-state index in [1.165, 1.54) is 23.5 Å². The molecule has 26 heavy (non-hydrogen) atoms. The summed E-state index contributed by atoms with van der Waals surface area (Å²) in [6, 6.07) is 11.3. The first-order chi connectivity index (χ1) is 12.4. The van der Waals surface area contributed by atoms with Gasteiger partial charge < -0.3 is 15.8 Å². The van der Waals surface area contributed by atoms with Crippen LogP contribution in [0.15, 0.2) is 42.5 Å². The maximum Gasteiger partial charge on any atom is 0.266 e. The molecule has 0 radical (unpaired) electrons. The normalized spacial score (nSPS) is 10.7. The number of thiophene rings is 1. The SMILES string of the molecule is Cc1c(C(=O)Nc2ccc(OCCC(N)=O)cc2)sc2ccc(F)cc12. The molecule has 0 saturated heterocycles. The minimum atomic E-state index is -0.424. The van der Waals surface area contributed by atoms with Crippen LogP contribution in [0.25, 0.3) is 10.1 Å². The van der Waals surface area contributed by atoms with E-state index >= 15 is 0 Å². The van der Waals surface area contributed by atoms with Gasteiger partial charge in [0.05, 0.1) is 17.9 Å². The van der Waals surface area contributed by atoms with E-state index < -0.39 is 5.91 Å². The van der Waals surface area contributed by atoms with Crippen LogP contribution in [0.4, 0.5) is 10.1 Å². The number of benzene rings is 2. The van der Waals surface area contributed by atoms with Gasteiger partial charge in [0, 0.05) is 10.4 Å². The summed E-state index contributed by atoms with van der Waals surface area (Å²) in [5.41, 5.74) is 6.42. The van der Waals surface area contributed by atoms with Gasteiger partial charge >= 0.3 is 0 Å². The van der Waals surface area contributed by atoms with Gasteiger partial charge in [-0.15, -0.1) is 11.3 Å². The summed E-state index contributed by atoms with van der Waals surface area (Å²) < 4.78 is 19.7. The Labute approximate surface area is 153 Å². The van der Waals surface area contributed by atoms with E-state index in [1.807, 2.05) is 6.92 Å². The van der Waals surface area contributed by atoms with Crippen molar-refractivity contribution in [3.63, 3.8) is 0 Å². The number of nitrogens with two attached hydrogens (primary N) is 1. The van der Waals surface area contributed by atoms with Gasteiger partial charge in [-0.2, -0.15) is 0 Å². The third kappa shape index (κ3) is 4.00. The number of nitrogens with one attached hydrogen (secondary N) is 1. The lowest BCUT2D eigenvalue weighted by Crippen LogP contribution is -2.14. The van der Waals surface area contributed by atoms with Crippen molar-refractivity contribution < 1.29 is 18.7 Å². The van der Waals surface area contributed by atoms with Crippen molar-refractivity contribution in [3.05, 3.63) is 58.7 Å². The van der Waals surface area contributed by atoms with Crippen LogP contribution in [0, 0.1) is 12.7 Å². The van der Waals surface area contributed by atoms with Crippen LogP contribution in [0.3, 0.4) is 0 Å². The Bertz CT molecular complexity index is 967. The molecule has 0 unspecified atom stereocenters. The maximum atomic E-state index is 13.4. The average molecular weight is 372 g/mol.